The van der Waals surface area contributed by atoms with Gasteiger partial charge in [-0.2, -0.15) is 13.2 Å². The van der Waals surface area contributed by atoms with Gasteiger partial charge in [-0.05, 0) is 68.3 Å². The van der Waals surface area contributed by atoms with Gasteiger partial charge in [0.15, 0.2) is 0 Å². The van der Waals surface area contributed by atoms with E-state index in [1.54, 1.807) is 18.2 Å². The van der Waals surface area contributed by atoms with E-state index in [1.807, 2.05) is 37.3 Å². The van der Waals surface area contributed by atoms with E-state index in [0.29, 0.717) is 5.75 Å². The van der Waals surface area contributed by atoms with Crippen molar-refractivity contribution in [2.24, 2.45) is 0 Å². The third-order valence-electron chi connectivity index (χ3n) is 7.22. The van der Waals surface area contributed by atoms with Gasteiger partial charge >= 0.3 is 6.18 Å². The molecule has 1 aliphatic rings. The first-order valence-corrected chi connectivity index (χ1v) is 13.6. The van der Waals surface area contributed by atoms with Crippen molar-refractivity contribution in [1.82, 2.24) is 10.3 Å². The first-order chi connectivity index (χ1) is 19.7. The van der Waals surface area contributed by atoms with E-state index in [4.69, 9.17) is 4.74 Å². The third-order valence-corrected chi connectivity index (χ3v) is 7.22. The Hall–Kier alpha value is -4.40. The van der Waals surface area contributed by atoms with Crippen LogP contribution in [-0.2, 0) is 12.8 Å². The highest BCUT2D eigenvalue weighted by Gasteiger charge is 2.30. The molecule has 1 fully saturated rings. The number of anilines is 1. The van der Waals surface area contributed by atoms with E-state index in [9.17, 15) is 22.8 Å². The molecule has 0 atom stereocenters. The second-order valence-electron chi connectivity index (χ2n) is 10.3. The van der Waals surface area contributed by atoms with Crippen molar-refractivity contribution < 1.29 is 27.5 Å². The number of aryl methyl sites for hydroxylation is 1. The smallest absolute Gasteiger partial charge is 0.416 e. The van der Waals surface area contributed by atoms with Gasteiger partial charge in [-0.15, -0.1) is 0 Å². The summed E-state index contributed by atoms with van der Waals surface area (Å²) < 4.78 is 45.0. The summed E-state index contributed by atoms with van der Waals surface area (Å²) in [7, 11) is 0. The number of para-hydroxylation sites is 1. The average Bonchev–Trinajstić information content (AvgIpc) is 2.96. The third kappa shape index (κ3) is 6.85. The highest BCUT2D eigenvalue weighted by Crippen LogP contribution is 2.30. The Bertz CT molecular complexity index is 1560. The molecule has 9 heteroatoms. The molecular weight excluding hydrogens is 531 g/mol. The van der Waals surface area contributed by atoms with Crippen LogP contribution in [0.4, 0.5) is 18.9 Å². The van der Waals surface area contributed by atoms with Crippen LogP contribution in [0.25, 0.3) is 10.9 Å². The monoisotopic (exact) mass is 561 g/mol. The molecule has 0 bridgehead atoms. The van der Waals surface area contributed by atoms with Gasteiger partial charge in [-0.1, -0.05) is 37.5 Å². The second-order valence-corrected chi connectivity index (χ2v) is 10.3. The van der Waals surface area contributed by atoms with E-state index in [-0.39, 0.29) is 35.4 Å². The molecule has 3 aromatic carbocycles. The first kappa shape index (κ1) is 28.1. The van der Waals surface area contributed by atoms with E-state index < -0.39 is 17.6 Å². The van der Waals surface area contributed by atoms with Gasteiger partial charge in [0.25, 0.3) is 11.8 Å². The average molecular weight is 562 g/mol. The highest BCUT2D eigenvalue weighted by molar-refractivity contribution is 6.09. The molecule has 0 aliphatic heterocycles. The lowest BCUT2D eigenvalue weighted by Crippen LogP contribution is -2.36. The Kier molecular flexibility index (Phi) is 8.23. The summed E-state index contributed by atoms with van der Waals surface area (Å²) in [5.74, 6) is -0.555. The Morgan fingerprint density at radius 2 is 1.66 bits per heavy atom. The normalized spacial score (nSPS) is 14.0. The number of pyridine rings is 1. The van der Waals surface area contributed by atoms with Crippen LogP contribution in [0.1, 0.15) is 69.6 Å². The molecule has 212 valence electrons. The maximum Gasteiger partial charge on any atom is 0.416 e. The number of nitrogens with zero attached hydrogens (tertiary/aromatic N) is 1. The van der Waals surface area contributed by atoms with Crippen molar-refractivity contribution in [1.29, 1.82) is 0 Å². The number of ether oxygens (including phenoxy) is 1. The molecule has 4 aromatic rings. The summed E-state index contributed by atoms with van der Waals surface area (Å²) in [6.07, 6.45) is 0.485. The fraction of sp³-hybridized carbons (Fsp3) is 0.281. The van der Waals surface area contributed by atoms with Gasteiger partial charge in [0, 0.05) is 34.3 Å². The van der Waals surface area contributed by atoms with Gasteiger partial charge < -0.3 is 15.4 Å². The van der Waals surface area contributed by atoms with Crippen LogP contribution < -0.4 is 15.4 Å². The van der Waals surface area contributed by atoms with Crippen molar-refractivity contribution in [2.45, 2.75) is 57.9 Å². The number of halogens is 3. The van der Waals surface area contributed by atoms with Crippen LogP contribution in [0.15, 0.2) is 72.8 Å². The van der Waals surface area contributed by atoms with Gasteiger partial charge in [0.05, 0.1) is 22.3 Å². The molecule has 2 amide bonds. The fourth-order valence-corrected chi connectivity index (χ4v) is 5.11. The van der Waals surface area contributed by atoms with Crippen LogP contribution in [0.3, 0.4) is 0 Å². The van der Waals surface area contributed by atoms with Crippen molar-refractivity contribution in [3.63, 3.8) is 0 Å². The number of fused-ring (bicyclic) bond motifs is 1. The number of amides is 2. The van der Waals surface area contributed by atoms with Crippen molar-refractivity contribution >= 4 is 28.4 Å². The lowest BCUT2D eigenvalue weighted by Gasteiger charge is -2.23. The molecule has 0 unspecified atom stereocenters. The maximum atomic E-state index is 13.2. The summed E-state index contributed by atoms with van der Waals surface area (Å²) >= 11 is 0. The predicted octanol–water partition coefficient (Wildman–Crippen LogP) is 7.46. The SMILES string of the molecule is Cc1cc(COc2ccc(C(=O)NC3CCCCC3)c(NC(=O)c3ccc(C(F)(F)F)cc3)c2)c2ccccc2n1. The van der Waals surface area contributed by atoms with Crippen LogP contribution >= 0.6 is 0 Å². The molecule has 41 heavy (non-hydrogen) atoms. The minimum absolute atomic E-state index is 0.0293. The molecule has 1 heterocycles. The summed E-state index contributed by atoms with van der Waals surface area (Å²) in [6, 6.07) is 18.5. The summed E-state index contributed by atoms with van der Waals surface area (Å²) in [4.78, 5) is 30.8. The number of rotatable bonds is 7. The van der Waals surface area contributed by atoms with Gasteiger partial charge in [-0.25, -0.2) is 0 Å². The molecule has 5 rings (SSSR count). The summed E-state index contributed by atoms with van der Waals surface area (Å²) in [5, 5.41) is 6.72. The molecule has 6 nitrogen and oxygen atoms in total. The molecule has 0 saturated heterocycles. The minimum Gasteiger partial charge on any atom is -0.489 e. The number of carbonyl (C=O) groups excluding carboxylic acids is 2. The van der Waals surface area contributed by atoms with E-state index in [2.05, 4.69) is 15.6 Å². The zero-order valence-electron chi connectivity index (χ0n) is 22.6. The van der Waals surface area contributed by atoms with E-state index >= 15 is 0 Å². The number of aromatic nitrogens is 1. The topological polar surface area (TPSA) is 80.3 Å². The fourth-order valence-electron chi connectivity index (χ4n) is 5.11. The van der Waals surface area contributed by atoms with Crippen LogP contribution in [0.5, 0.6) is 5.75 Å². The Balaban J connectivity index is 1.40. The summed E-state index contributed by atoms with van der Waals surface area (Å²) in [6.45, 7) is 2.13. The Morgan fingerprint density at radius 1 is 0.927 bits per heavy atom. The van der Waals surface area contributed by atoms with Gasteiger partial charge in [-0.3, -0.25) is 14.6 Å². The molecule has 2 N–H and O–H groups in total. The number of nitrogens with one attached hydrogen (secondary N) is 2. The predicted molar refractivity (Wildman–Crippen MR) is 151 cm³/mol. The first-order valence-electron chi connectivity index (χ1n) is 13.6. The van der Waals surface area contributed by atoms with Gasteiger partial charge in [0.1, 0.15) is 12.4 Å². The van der Waals surface area contributed by atoms with Crippen LogP contribution in [-0.4, -0.2) is 22.8 Å². The van der Waals surface area contributed by atoms with Crippen LogP contribution in [0, 0.1) is 6.92 Å². The quantitative estimate of drug-likeness (QED) is 0.246. The number of alkyl halides is 3. The lowest BCUT2D eigenvalue weighted by molar-refractivity contribution is -0.137. The molecular formula is C32H30F3N3O3. The largest absolute Gasteiger partial charge is 0.489 e. The Morgan fingerprint density at radius 3 is 2.39 bits per heavy atom. The number of benzene rings is 3. The summed E-state index contributed by atoms with van der Waals surface area (Å²) in [5.41, 5.74) is 2.26. The molecule has 0 spiro atoms. The second kappa shape index (κ2) is 12.0. The number of carbonyl (C=O) groups is 2. The maximum absolute atomic E-state index is 13.2. The zero-order chi connectivity index (χ0) is 29.0. The number of hydrogen-bond donors (Lipinski definition) is 2. The number of hydrogen-bond acceptors (Lipinski definition) is 4. The standard InChI is InChI=1S/C32H30F3N3O3/c1-20-17-22(26-9-5-6-10-28(26)36-20)19-41-25-15-16-27(31(40)37-24-7-3-2-4-8-24)29(18-25)38-30(39)21-11-13-23(14-12-21)32(33,34)35/h5-6,9-18,24H,2-4,7-8,19H2,1H3,(H,37,40)(H,38,39). The highest BCUT2D eigenvalue weighted by atomic mass is 19.4. The molecule has 1 aromatic heterocycles. The zero-order valence-corrected chi connectivity index (χ0v) is 22.6. The van der Waals surface area contributed by atoms with Crippen molar-refractivity contribution in [3.8, 4) is 5.75 Å². The molecule has 1 saturated carbocycles. The molecule has 0 radical (unpaired) electrons. The van der Waals surface area contributed by atoms with Crippen molar-refractivity contribution in [2.75, 3.05) is 5.32 Å². The van der Waals surface area contributed by atoms with Crippen LogP contribution in [0.2, 0.25) is 0 Å². The Labute approximate surface area is 235 Å². The van der Waals surface area contributed by atoms with Gasteiger partial charge in [0.2, 0.25) is 0 Å². The molecule has 1 aliphatic carbocycles. The van der Waals surface area contributed by atoms with Crippen molar-refractivity contribution in [3.05, 3.63) is 101 Å². The minimum atomic E-state index is -4.51. The van der Waals surface area contributed by atoms with E-state index in [1.165, 1.54) is 0 Å². The van der Waals surface area contributed by atoms with E-state index in [0.717, 1.165) is 78.5 Å². The lowest BCUT2D eigenvalue weighted by atomic mass is 9.95.